The fourth-order valence-electron chi connectivity index (χ4n) is 4.95. The van der Waals surface area contributed by atoms with Crippen LogP contribution < -0.4 is 20.9 Å². The summed E-state index contributed by atoms with van der Waals surface area (Å²) >= 11 is 0. The molecule has 8 nitrogen and oxygen atoms in total. The second kappa shape index (κ2) is 12.4. The number of benzene rings is 2. The minimum absolute atomic E-state index is 0.0569. The van der Waals surface area contributed by atoms with E-state index in [1.165, 1.54) is 5.56 Å². The van der Waals surface area contributed by atoms with Crippen molar-refractivity contribution < 1.29 is 9.53 Å². The van der Waals surface area contributed by atoms with Gasteiger partial charge in [0.2, 0.25) is 5.95 Å². The number of carbonyl (C=O) groups excluding carboxylic acids is 1. The first-order valence-corrected chi connectivity index (χ1v) is 13.6. The predicted molar refractivity (Wildman–Crippen MR) is 155 cm³/mol. The monoisotopic (exact) mass is 518 g/mol. The standard InChI is InChI=1S/C30H42N6O2/c1-30(2,3)38-29(37)33-24(19-21-11-7-6-8-12-21)20-31-22-15-17-23(18-16-22)32-28-34-26-14-10-9-13-25(26)27(35-28)36(4)5/h6-14,22-24,31H,15-20H2,1-5H3,(H,33,37)(H,32,34,35). The molecule has 3 N–H and O–H groups in total. The highest BCUT2D eigenvalue weighted by Gasteiger charge is 2.24. The third-order valence-corrected chi connectivity index (χ3v) is 6.77. The molecule has 38 heavy (non-hydrogen) atoms. The molecule has 2 aromatic carbocycles. The number of carbonyl (C=O) groups is 1. The molecule has 1 amide bonds. The number of hydrogen-bond donors (Lipinski definition) is 3. The molecule has 0 saturated heterocycles. The fourth-order valence-corrected chi connectivity index (χ4v) is 4.95. The molecule has 3 aromatic rings. The van der Waals surface area contributed by atoms with Gasteiger partial charge < -0.3 is 25.6 Å². The van der Waals surface area contributed by atoms with Crippen LogP contribution in [0, 0.1) is 0 Å². The third-order valence-electron chi connectivity index (χ3n) is 6.77. The number of aromatic nitrogens is 2. The Balaban J connectivity index is 1.31. The molecule has 4 rings (SSSR count). The van der Waals surface area contributed by atoms with Crippen LogP contribution >= 0.6 is 0 Å². The van der Waals surface area contributed by atoms with Gasteiger partial charge in [0, 0.05) is 44.2 Å². The van der Waals surface area contributed by atoms with Crippen LogP contribution in [0.2, 0.25) is 0 Å². The number of alkyl carbamates (subject to hydrolysis) is 1. The van der Waals surface area contributed by atoms with E-state index in [1.807, 2.05) is 76.2 Å². The second-order valence-corrected chi connectivity index (χ2v) is 11.4. The second-order valence-electron chi connectivity index (χ2n) is 11.4. The SMILES string of the molecule is CN(C)c1nc(NC2CCC(NCC(Cc3ccccc3)NC(=O)OC(C)(C)C)CC2)nc2ccccc12. The Morgan fingerprint density at radius 3 is 2.32 bits per heavy atom. The third kappa shape index (κ3) is 8.05. The van der Waals surface area contributed by atoms with Crippen LogP contribution in [0.4, 0.5) is 16.6 Å². The topological polar surface area (TPSA) is 91.4 Å². The first-order chi connectivity index (χ1) is 18.2. The Morgan fingerprint density at radius 2 is 1.63 bits per heavy atom. The maximum Gasteiger partial charge on any atom is 0.407 e. The molecule has 1 atom stereocenters. The van der Waals surface area contributed by atoms with E-state index in [9.17, 15) is 4.79 Å². The first kappa shape index (κ1) is 27.6. The van der Waals surface area contributed by atoms with Crippen molar-refractivity contribution in [2.45, 2.75) is 76.6 Å². The highest BCUT2D eigenvalue weighted by atomic mass is 16.6. The van der Waals surface area contributed by atoms with Crippen molar-refractivity contribution >= 4 is 28.8 Å². The Morgan fingerprint density at radius 1 is 0.974 bits per heavy atom. The number of rotatable bonds is 9. The molecule has 1 saturated carbocycles. The first-order valence-electron chi connectivity index (χ1n) is 13.6. The molecule has 0 bridgehead atoms. The molecule has 1 aromatic heterocycles. The Kier molecular flexibility index (Phi) is 9.05. The summed E-state index contributed by atoms with van der Waals surface area (Å²) in [5.74, 6) is 1.61. The van der Waals surface area contributed by atoms with E-state index >= 15 is 0 Å². The largest absolute Gasteiger partial charge is 0.444 e. The number of fused-ring (bicyclic) bond motifs is 1. The number of hydrogen-bond acceptors (Lipinski definition) is 7. The van der Waals surface area contributed by atoms with Gasteiger partial charge in [-0.1, -0.05) is 42.5 Å². The van der Waals surface area contributed by atoms with Crippen LogP contribution in [0.3, 0.4) is 0 Å². The summed E-state index contributed by atoms with van der Waals surface area (Å²) in [7, 11) is 4.02. The summed E-state index contributed by atoms with van der Waals surface area (Å²) in [6.45, 7) is 6.34. The van der Waals surface area contributed by atoms with Gasteiger partial charge in [0.25, 0.3) is 0 Å². The number of anilines is 2. The van der Waals surface area contributed by atoms with E-state index in [4.69, 9.17) is 14.7 Å². The molecule has 1 aliphatic carbocycles. The smallest absolute Gasteiger partial charge is 0.407 e. The van der Waals surface area contributed by atoms with Crippen LogP contribution in [-0.4, -0.2) is 60.4 Å². The lowest BCUT2D eigenvalue weighted by molar-refractivity contribution is 0.0502. The summed E-state index contributed by atoms with van der Waals surface area (Å²) in [5, 5.41) is 11.4. The van der Waals surface area contributed by atoms with Crippen molar-refractivity contribution in [2.24, 2.45) is 0 Å². The molecule has 8 heteroatoms. The summed E-state index contributed by atoms with van der Waals surface area (Å²) in [6, 6.07) is 19.1. The summed E-state index contributed by atoms with van der Waals surface area (Å²) in [6.07, 6.45) is 4.55. The van der Waals surface area contributed by atoms with Gasteiger partial charge in [-0.05, 0) is 70.6 Å². The number of nitrogens with one attached hydrogen (secondary N) is 3. The number of ether oxygens (including phenoxy) is 1. The quantitative estimate of drug-likeness (QED) is 0.361. The van der Waals surface area contributed by atoms with Crippen molar-refractivity contribution in [3.63, 3.8) is 0 Å². The van der Waals surface area contributed by atoms with Crippen molar-refractivity contribution in [3.05, 3.63) is 60.2 Å². The van der Waals surface area contributed by atoms with Gasteiger partial charge >= 0.3 is 6.09 Å². The zero-order valence-electron chi connectivity index (χ0n) is 23.3. The molecule has 0 spiro atoms. The van der Waals surface area contributed by atoms with E-state index in [0.29, 0.717) is 24.6 Å². The minimum Gasteiger partial charge on any atom is -0.444 e. The van der Waals surface area contributed by atoms with Gasteiger partial charge in [0.05, 0.1) is 5.52 Å². The lowest BCUT2D eigenvalue weighted by Gasteiger charge is -2.31. The molecular formula is C30H42N6O2. The molecule has 0 radical (unpaired) electrons. The molecule has 204 valence electrons. The Hall–Kier alpha value is -3.39. The zero-order valence-corrected chi connectivity index (χ0v) is 23.3. The van der Waals surface area contributed by atoms with Gasteiger partial charge in [-0.25, -0.2) is 9.78 Å². The van der Waals surface area contributed by atoms with E-state index in [2.05, 4.69) is 34.1 Å². The molecule has 1 heterocycles. The maximum absolute atomic E-state index is 12.5. The van der Waals surface area contributed by atoms with E-state index < -0.39 is 5.60 Å². The Bertz CT molecular complexity index is 1190. The number of amides is 1. The van der Waals surface area contributed by atoms with Gasteiger partial charge in [-0.15, -0.1) is 0 Å². The molecule has 1 fully saturated rings. The van der Waals surface area contributed by atoms with Crippen LogP contribution in [0.15, 0.2) is 54.6 Å². The van der Waals surface area contributed by atoms with E-state index in [0.717, 1.165) is 48.8 Å². The highest BCUT2D eigenvalue weighted by molar-refractivity contribution is 5.90. The summed E-state index contributed by atoms with van der Waals surface area (Å²) in [4.78, 5) is 24.1. The van der Waals surface area contributed by atoms with Crippen molar-refractivity contribution in [1.82, 2.24) is 20.6 Å². The van der Waals surface area contributed by atoms with Crippen molar-refractivity contribution in [3.8, 4) is 0 Å². The Labute approximate surface area is 226 Å². The zero-order chi connectivity index (χ0) is 27.1. The van der Waals surface area contributed by atoms with Crippen LogP contribution in [-0.2, 0) is 11.2 Å². The molecule has 1 unspecified atom stereocenters. The van der Waals surface area contributed by atoms with E-state index in [-0.39, 0.29) is 12.1 Å². The van der Waals surface area contributed by atoms with Crippen LogP contribution in [0.1, 0.15) is 52.0 Å². The average Bonchev–Trinajstić information content (AvgIpc) is 2.87. The van der Waals surface area contributed by atoms with Gasteiger partial charge in [0.1, 0.15) is 11.4 Å². The normalized spacial score (nSPS) is 18.6. The maximum atomic E-state index is 12.5. The van der Waals surface area contributed by atoms with Crippen LogP contribution in [0.25, 0.3) is 10.9 Å². The number of nitrogens with zero attached hydrogens (tertiary/aromatic N) is 3. The lowest BCUT2D eigenvalue weighted by atomic mass is 9.91. The molecule has 1 aliphatic rings. The van der Waals surface area contributed by atoms with Gasteiger partial charge in [-0.3, -0.25) is 0 Å². The molecular weight excluding hydrogens is 476 g/mol. The van der Waals surface area contributed by atoms with Crippen LogP contribution in [0.5, 0.6) is 0 Å². The van der Waals surface area contributed by atoms with Crippen molar-refractivity contribution in [1.29, 1.82) is 0 Å². The predicted octanol–water partition coefficient (Wildman–Crippen LogP) is 5.14. The van der Waals surface area contributed by atoms with Crippen molar-refractivity contribution in [2.75, 3.05) is 30.9 Å². The summed E-state index contributed by atoms with van der Waals surface area (Å²) in [5.41, 5.74) is 1.61. The summed E-state index contributed by atoms with van der Waals surface area (Å²) < 4.78 is 5.52. The molecule has 0 aliphatic heterocycles. The minimum atomic E-state index is -0.526. The average molecular weight is 519 g/mol. The van der Waals surface area contributed by atoms with Gasteiger partial charge in [-0.2, -0.15) is 4.98 Å². The van der Waals surface area contributed by atoms with Gasteiger partial charge in [0.15, 0.2) is 0 Å². The number of para-hydroxylation sites is 1. The highest BCUT2D eigenvalue weighted by Crippen LogP contribution is 2.26. The van der Waals surface area contributed by atoms with E-state index in [1.54, 1.807) is 0 Å². The lowest BCUT2D eigenvalue weighted by Crippen LogP contribution is -2.48. The fraction of sp³-hybridized carbons (Fsp3) is 0.500.